The summed E-state index contributed by atoms with van der Waals surface area (Å²) < 4.78 is 5.07. The summed E-state index contributed by atoms with van der Waals surface area (Å²) in [7, 11) is 1.76. The highest BCUT2D eigenvalue weighted by molar-refractivity contribution is 5.91. The van der Waals surface area contributed by atoms with Gasteiger partial charge in [0.25, 0.3) is 0 Å². The van der Waals surface area contributed by atoms with Gasteiger partial charge in [-0.3, -0.25) is 4.79 Å². The van der Waals surface area contributed by atoms with E-state index in [-0.39, 0.29) is 5.78 Å². The molecule has 0 spiro atoms. The Morgan fingerprint density at radius 3 is 2.08 bits per heavy atom. The fraction of sp³-hybridized carbons (Fsp3) is 0.348. The zero-order chi connectivity index (χ0) is 17.9. The second-order valence-corrected chi connectivity index (χ2v) is 6.42. The highest BCUT2D eigenvalue weighted by Gasteiger charge is 1.99. The van der Waals surface area contributed by atoms with Crippen molar-refractivity contribution in [3.05, 3.63) is 65.7 Å². The normalized spacial score (nSPS) is 11.1. The van der Waals surface area contributed by atoms with Crippen LogP contribution < -0.4 is 0 Å². The van der Waals surface area contributed by atoms with E-state index in [1.807, 2.05) is 18.2 Å². The molecule has 0 fully saturated rings. The lowest BCUT2D eigenvalue weighted by Crippen LogP contribution is -1.90. The van der Waals surface area contributed by atoms with Gasteiger partial charge in [0.1, 0.15) is 0 Å². The lowest BCUT2D eigenvalue weighted by molar-refractivity contribution is -0.112. The number of benzene rings is 2. The Hall–Kier alpha value is -2.19. The van der Waals surface area contributed by atoms with Crippen molar-refractivity contribution in [2.75, 3.05) is 13.7 Å². The van der Waals surface area contributed by atoms with Crippen molar-refractivity contribution in [1.82, 2.24) is 0 Å². The van der Waals surface area contributed by atoms with Crippen LogP contribution in [-0.2, 0) is 16.0 Å². The van der Waals surface area contributed by atoms with Gasteiger partial charge in [-0.15, -0.1) is 0 Å². The van der Waals surface area contributed by atoms with Crippen LogP contribution in [0.25, 0.3) is 17.2 Å². The fourth-order valence-corrected chi connectivity index (χ4v) is 2.79. The van der Waals surface area contributed by atoms with Crippen LogP contribution in [0.5, 0.6) is 0 Å². The average molecular weight is 336 g/mol. The SMILES string of the molecule is COCCCCCCc1ccc(-c2ccc(/C=C/C(C)=O)cc2)cc1. The molecule has 2 heteroatoms. The highest BCUT2D eigenvalue weighted by Crippen LogP contribution is 2.21. The number of carbonyl (C=O) groups is 1. The summed E-state index contributed by atoms with van der Waals surface area (Å²) in [5, 5.41) is 0. The monoisotopic (exact) mass is 336 g/mol. The first-order valence-electron chi connectivity index (χ1n) is 9.06. The van der Waals surface area contributed by atoms with Crippen LogP contribution in [0.3, 0.4) is 0 Å². The van der Waals surface area contributed by atoms with Crippen LogP contribution in [0.15, 0.2) is 54.6 Å². The van der Waals surface area contributed by atoms with Crippen molar-refractivity contribution < 1.29 is 9.53 Å². The molecule has 2 aromatic rings. The largest absolute Gasteiger partial charge is 0.385 e. The van der Waals surface area contributed by atoms with E-state index in [1.54, 1.807) is 20.1 Å². The number of ketones is 1. The Bertz CT molecular complexity index is 666. The van der Waals surface area contributed by atoms with Crippen LogP contribution in [0.1, 0.15) is 43.7 Å². The third-order valence-electron chi connectivity index (χ3n) is 4.27. The minimum absolute atomic E-state index is 0.0679. The number of allylic oxidation sites excluding steroid dienone is 1. The number of aryl methyl sites for hydroxylation is 1. The Balaban J connectivity index is 1.86. The molecule has 2 aromatic carbocycles. The fourth-order valence-electron chi connectivity index (χ4n) is 2.79. The molecule has 25 heavy (non-hydrogen) atoms. The minimum atomic E-state index is 0.0679. The van der Waals surface area contributed by atoms with Crippen molar-refractivity contribution >= 4 is 11.9 Å². The molecule has 0 saturated carbocycles. The summed E-state index contributed by atoms with van der Waals surface area (Å²) >= 11 is 0. The van der Waals surface area contributed by atoms with Gasteiger partial charge in [-0.1, -0.05) is 67.4 Å². The van der Waals surface area contributed by atoms with Crippen molar-refractivity contribution in [3.8, 4) is 11.1 Å². The molecular formula is C23H28O2. The molecule has 0 aliphatic heterocycles. The van der Waals surface area contributed by atoms with Crippen LogP contribution in [0, 0.1) is 0 Å². The van der Waals surface area contributed by atoms with E-state index in [4.69, 9.17) is 4.74 Å². The first-order chi connectivity index (χ1) is 12.2. The number of hydrogen-bond acceptors (Lipinski definition) is 2. The summed E-state index contributed by atoms with van der Waals surface area (Å²) in [5.41, 5.74) is 4.87. The van der Waals surface area contributed by atoms with E-state index in [1.165, 1.54) is 36.0 Å². The smallest absolute Gasteiger partial charge is 0.152 e. The van der Waals surface area contributed by atoms with Gasteiger partial charge in [0.15, 0.2) is 5.78 Å². The van der Waals surface area contributed by atoms with Gasteiger partial charge in [0, 0.05) is 13.7 Å². The highest BCUT2D eigenvalue weighted by atomic mass is 16.5. The summed E-state index contributed by atoms with van der Waals surface area (Å²) in [4.78, 5) is 11.0. The zero-order valence-corrected chi connectivity index (χ0v) is 15.3. The first-order valence-corrected chi connectivity index (χ1v) is 9.06. The van der Waals surface area contributed by atoms with E-state index in [0.717, 1.165) is 25.0 Å². The van der Waals surface area contributed by atoms with E-state index in [0.29, 0.717) is 0 Å². The second-order valence-electron chi connectivity index (χ2n) is 6.42. The Morgan fingerprint density at radius 2 is 1.48 bits per heavy atom. The molecular weight excluding hydrogens is 308 g/mol. The molecule has 0 aliphatic rings. The molecule has 0 N–H and O–H groups in total. The summed E-state index contributed by atoms with van der Waals surface area (Å²) in [6.07, 6.45) is 9.49. The third kappa shape index (κ3) is 7.06. The molecule has 0 atom stereocenters. The summed E-state index contributed by atoms with van der Waals surface area (Å²) in [5.74, 6) is 0.0679. The molecule has 0 aliphatic carbocycles. The van der Waals surface area contributed by atoms with E-state index < -0.39 is 0 Å². The van der Waals surface area contributed by atoms with Crippen molar-refractivity contribution in [2.24, 2.45) is 0 Å². The predicted octanol–water partition coefficient (Wildman–Crippen LogP) is 5.71. The van der Waals surface area contributed by atoms with Gasteiger partial charge >= 0.3 is 0 Å². The van der Waals surface area contributed by atoms with Gasteiger partial charge in [-0.25, -0.2) is 0 Å². The minimum Gasteiger partial charge on any atom is -0.385 e. The maximum Gasteiger partial charge on any atom is 0.152 e. The Morgan fingerprint density at radius 1 is 0.880 bits per heavy atom. The zero-order valence-electron chi connectivity index (χ0n) is 15.3. The molecule has 0 saturated heterocycles. The van der Waals surface area contributed by atoms with E-state index in [2.05, 4.69) is 36.4 Å². The standard InChI is InChI=1S/C23H28O2/c1-19(24)8-9-21-12-16-23(17-13-21)22-14-10-20(11-15-22)7-5-3-4-6-18-25-2/h8-17H,3-7,18H2,1-2H3/b9-8+. The molecule has 0 radical (unpaired) electrons. The molecule has 0 bridgehead atoms. The van der Waals surface area contributed by atoms with Gasteiger partial charge in [0.05, 0.1) is 0 Å². The predicted molar refractivity (Wildman–Crippen MR) is 106 cm³/mol. The van der Waals surface area contributed by atoms with Crippen LogP contribution in [0.4, 0.5) is 0 Å². The van der Waals surface area contributed by atoms with E-state index >= 15 is 0 Å². The number of methoxy groups -OCH3 is 1. The number of rotatable bonds is 10. The molecule has 0 aromatic heterocycles. The number of carbonyl (C=O) groups excluding carboxylic acids is 1. The Labute approximate surface area is 151 Å². The lowest BCUT2D eigenvalue weighted by atomic mass is 10.00. The van der Waals surface area contributed by atoms with Crippen LogP contribution >= 0.6 is 0 Å². The van der Waals surface area contributed by atoms with Crippen LogP contribution in [0.2, 0.25) is 0 Å². The number of ether oxygens (including phenoxy) is 1. The van der Waals surface area contributed by atoms with Gasteiger partial charge in [0.2, 0.25) is 0 Å². The third-order valence-corrected chi connectivity index (χ3v) is 4.27. The molecule has 0 heterocycles. The lowest BCUT2D eigenvalue weighted by Gasteiger charge is -2.06. The molecule has 2 nitrogen and oxygen atoms in total. The molecule has 0 amide bonds. The summed E-state index contributed by atoms with van der Waals surface area (Å²) in [6.45, 7) is 2.43. The number of unbranched alkanes of at least 4 members (excludes halogenated alkanes) is 3. The quantitative estimate of drug-likeness (QED) is 0.410. The summed E-state index contributed by atoms with van der Waals surface area (Å²) in [6, 6.07) is 17.1. The topological polar surface area (TPSA) is 26.3 Å². The maximum atomic E-state index is 11.0. The van der Waals surface area contributed by atoms with Gasteiger partial charge < -0.3 is 4.74 Å². The molecule has 0 unspecified atom stereocenters. The number of hydrogen-bond donors (Lipinski definition) is 0. The maximum absolute atomic E-state index is 11.0. The molecule has 132 valence electrons. The molecule has 2 rings (SSSR count). The second kappa shape index (κ2) is 10.6. The Kier molecular flexibility index (Phi) is 8.14. The van der Waals surface area contributed by atoms with Gasteiger partial charge in [-0.2, -0.15) is 0 Å². The van der Waals surface area contributed by atoms with Crippen LogP contribution in [-0.4, -0.2) is 19.5 Å². The van der Waals surface area contributed by atoms with Crippen molar-refractivity contribution in [1.29, 1.82) is 0 Å². The first kappa shape index (κ1) is 19.1. The van der Waals surface area contributed by atoms with Crippen molar-refractivity contribution in [3.63, 3.8) is 0 Å². The van der Waals surface area contributed by atoms with Crippen molar-refractivity contribution in [2.45, 2.75) is 39.0 Å². The van der Waals surface area contributed by atoms with Gasteiger partial charge in [-0.05, 0) is 54.5 Å². The average Bonchev–Trinajstić information content (AvgIpc) is 2.64. The van der Waals surface area contributed by atoms with E-state index in [9.17, 15) is 4.79 Å².